The zero-order valence-corrected chi connectivity index (χ0v) is 13.6. The van der Waals surface area contributed by atoms with E-state index in [2.05, 4.69) is 76.0 Å². The molecule has 2 aliphatic heterocycles. The molecule has 2 saturated heterocycles. The number of hydrogen-bond donors (Lipinski definition) is 1. The van der Waals surface area contributed by atoms with Gasteiger partial charge in [-0.05, 0) is 11.6 Å². The third kappa shape index (κ3) is 1.93. The normalized spacial score (nSPS) is 27.7. The number of para-hydroxylation sites is 2. The number of furan rings is 1. The van der Waals surface area contributed by atoms with Crippen molar-refractivity contribution in [1.82, 2.24) is 15.3 Å². The molecule has 1 aromatic heterocycles. The van der Waals surface area contributed by atoms with Gasteiger partial charge in [-0.2, -0.15) is 0 Å². The maximum absolute atomic E-state index is 6.22. The van der Waals surface area contributed by atoms with Gasteiger partial charge in [0.15, 0.2) is 0 Å². The second kappa shape index (κ2) is 4.92. The molecule has 3 aromatic carbocycles. The molecule has 4 aromatic rings. The van der Waals surface area contributed by atoms with Crippen LogP contribution >= 0.6 is 0 Å². The minimum atomic E-state index is 0.148. The molecule has 4 unspecified atom stereocenters. The van der Waals surface area contributed by atoms with Gasteiger partial charge >= 0.3 is 0 Å². The first-order chi connectivity index (χ1) is 12.4. The third-order valence-corrected chi connectivity index (χ3v) is 5.29. The van der Waals surface area contributed by atoms with Gasteiger partial charge in [0, 0.05) is 16.3 Å². The molecular weight excluding hydrogens is 310 g/mol. The predicted molar refractivity (Wildman–Crippen MR) is 97.3 cm³/mol. The van der Waals surface area contributed by atoms with Crippen molar-refractivity contribution in [3.05, 3.63) is 83.9 Å². The first-order valence-electron chi connectivity index (χ1n) is 8.64. The Balaban J connectivity index is 1.46. The molecule has 2 fully saturated rings. The van der Waals surface area contributed by atoms with E-state index in [1.165, 1.54) is 21.9 Å². The molecule has 6 rings (SSSR count). The molecule has 0 bridgehead atoms. The fourth-order valence-corrected chi connectivity index (χ4v) is 4.04. The summed E-state index contributed by atoms with van der Waals surface area (Å²) in [5.74, 6) is 0. The molecule has 0 amide bonds. The van der Waals surface area contributed by atoms with Gasteiger partial charge in [-0.1, -0.05) is 66.7 Å². The fourth-order valence-electron chi connectivity index (χ4n) is 4.04. The number of fused-ring (bicyclic) bond motifs is 4. The van der Waals surface area contributed by atoms with E-state index < -0.39 is 0 Å². The van der Waals surface area contributed by atoms with Gasteiger partial charge in [-0.25, -0.2) is 10.0 Å². The van der Waals surface area contributed by atoms with Gasteiger partial charge in [0.25, 0.3) is 0 Å². The van der Waals surface area contributed by atoms with Crippen molar-refractivity contribution in [2.24, 2.45) is 0 Å². The summed E-state index contributed by atoms with van der Waals surface area (Å²) >= 11 is 0. The summed E-state index contributed by atoms with van der Waals surface area (Å²) in [6.45, 7) is 0.980. The van der Waals surface area contributed by atoms with E-state index in [1.807, 2.05) is 12.1 Å². The van der Waals surface area contributed by atoms with Gasteiger partial charge in [0.1, 0.15) is 23.5 Å². The Morgan fingerprint density at radius 2 is 1.52 bits per heavy atom. The maximum Gasteiger partial charge on any atom is 0.141 e. The summed E-state index contributed by atoms with van der Waals surface area (Å²) in [6.07, 6.45) is 0.375. The van der Waals surface area contributed by atoms with Crippen molar-refractivity contribution in [3.63, 3.8) is 0 Å². The summed E-state index contributed by atoms with van der Waals surface area (Å²) in [4.78, 5) is 0. The average Bonchev–Trinajstić information content (AvgIpc) is 3.22. The van der Waals surface area contributed by atoms with Crippen molar-refractivity contribution >= 4 is 21.9 Å². The monoisotopic (exact) mass is 327 g/mol. The van der Waals surface area contributed by atoms with Crippen LogP contribution in [-0.4, -0.2) is 16.7 Å². The fraction of sp³-hybridized carbons (Fsp3) is 0.143. The summed E-state index contributed by atoms with van der Waals surface area (Å²) < 4.78 is 6.22. The maximum atomic E-state index is 6.22. The lowest BCUT2D eigenvalue weighted by atomic mass is 10.1. The highest BCUT2D eigenvalue weighted by Gasteiger charge is 2.51. The largest absolute Gasteiger partial charge is 0.456 e. The van der Waals surface area contributed by atoms with Crippen molar-refractivity contribution in [2.75, 3.05) is 6.67 Å². The Morgan fingerprint density at radius 1 is 0.760 bits per heavy atom. The molecule has 4 heteroatoms. The second-order valence-corrected chi connectivity index (χ2v) is 6.72. The topological polar surface area (TPSA) is 31.2 Å². The first-order valence-corrected chi connectivity index (χ1v) is 8.64. The van der Waals surface area contributed by atoms with Gasteiger partial charge in [0.2, 0.25) is 0 Å². The van der Waals surface area contributed by atoms with Gasteiger partial charge in [-0.3, -0.25) is 5.32 Å². The van der Waals surface area contributed by atoms with Crippen LogP contribution in [0, 0.1) is 0 Å². The van der Waals surface area contributed by atoms with E-state index in [9.17, 15) is 0 Å². The van der Waals surface area contributed by atoms with E-state index >= 15 is 0 Å². The molecular formula is C21H17N3O. The zero-order valence-electron chi connectivity index (χ0n) is 13.6. The number of benzene rings is 3. The average molecular weight is 327 g/mol. The summed E-state index contributed by atoms with van der Waals surface area (Å²) in [5.41, 5.74) is 4.44. The van der Waals surface area contributed by atoms with E-state index in [-0.39, 0.29) is 12.3 Å². The van der Waals surface area contributed by atoms with E-state index in [0.29, 0.717) is 0 Å². The lowest BCUT2D eigenvalue weighted by Crippen LogP contribution is -2.26. The van der Waals surface area contributed by atoms with Crippen LogP contribution < -0.4 is 5.32 Å². The van der Waals surface area contributed by atoms with Gasteiger partial charge in [-0.15, -0.1) is 0 Å². The van der Waals surface area contributed by atoms with Crippen molar-refractivity contribution in [1.29, 1.82) is 0 Å². The highest BCUT2D eigenvalue weighted by Crippen LogP contribution is 2.45. The van der Waals surface area contributed by atoms with E-state index in [1.54, 1.807) is 0 Å². The van der Waals surface area contributed by atoms with Gasteiger partial charge in [0.05, 0.1) is 6.67 Å². The summed E-state index contributed by atoms with van der Waals surface area (Å²) in [7, 11) is 0. The van der Waals surface area contributed by atoms with E-state index in [0.717, 1.165) is 17.8 Å². The summed E-state index contributed by atoms with van der Waals surface area (Å²) in [6, 6.07) is 25.3. The van der Waals surface area contributed by atoms with Crippen molar-refractivity contribution in [2.45, 2.75) is 12.3 Å². The number of nitrogens with zero attached hydrogens (tertiary/aromatic N) is 2. The van der Waals surface area contributed by atoms with Crippen LogP contribution in [0.5, 0.6) is 0 Å². The van der Waals surface area contributed by atoms with Crippen LogP contribution in [-0.2, 0) is 0 Å². The zero-order chi connectivity index (χ0) is 16.4. The molecule has 0 radical (unpaired) electrons. The summed E-state index contributed by atoms with van der Waals surface area (Å²) in [5, 5.41) is 10.8. The van der Waals surface area contributed by atoms with E-state index in [4.69, 9.17) is 4.42 Å². The van der Waals surface area contributed by atoms with Crippen LogP contribution in [0.2, 0.25) is 0 Å². The smallest absolute Gasteiger partial charge is 0.141 e. The van der Waals surface area contributed by atoms with Crippen LogP contribution in [0.15, 0.2) is 77.2 Å². The number of hydrogen-bond acceptors (Lipinski definition) is 4. The SMILES string of the molecule is c1ccc(C2NC(c3cccc4c3oc3ccccc34)N3CN23)cc1. The highest BCUT2D eigenvalue weighted by atomic mass is 16.3. The van der Waals surface area contributed by atoms with Crippen LogP contribution in [0.1, 0.15) is 23.5 Å². The molecule has 4 atom stereocenters. The standard InChI is InChI=1S/C21H17N3O/c1-2-7-14(8-3-1)20-22-21(24-13-23(20)24)17-11-6-10-16-15-9-4-5-12-18(15)25-19(16)17/h1-12,20-22H,13H2. The van der Waals surface area contributed by atoms with Crippen molar-refractivity contribution in [3.8, 4) is 0 Å². The third-order valence-electron chi connectivity index (χ3n) is 5.29. The Bertz CT molecular complexity index is 1090. The molecule has 122 valence electrons. The van der Waals surface area contributed by atoms with Crippen molar-refractivity contribution < 1.29 is 4.42 Å². The van der Waals surface area contributed by atoms with Crippen LogP contribution in [0.3, 0.4) is 0 Å². The molecule has 4 nitrogen and oxygen atoms in total. The molecule has 25 heavy (non-hydrogen) atoms. The van der Waals surface area contributed by atoms with Crippen LogP contribution in [0.4, 0.5) is 0 Å². The minimum absolute atomic E-state index is 0.148. The lowest BCUT2D eigenvalue weighted by Gasteiger charge is -2.17. The Hall–Kier alpha value is -2.66. The predicted octanol–water partition coefficient (Wildman–Crippen LogP) is 4.38. The Kier molecular flexibility index (Phi) is 2.68. The molecule has 3 heterocycles. The molecule has 1 N–H and O–H groups in total. The quantitative estimate of drug-likeness (QED) is 0.554. The molecule has 0 saturated carbocycles. The second-order valence-electron chi connectivity index (χ2n) is 6.72. The van der Waals surface area contributed by atoms with Gasteiger partial charge < -0.3 is 4.42 Å². The number of hydrazine groups is 1. The lowest BCUT2D eigenvalue weighted by molar-refractivity contribution is 0.314. The molecule has 0 aliphatic carbocycles. The Morgan fingerprint density at radius 3 is 2.44 bits per heavy atom. The van der Waals surface area contributed by atoms with Crippen LogP contribution in [0.25, 0.3) is 21.9 Å². The Labute approximate surface area is 145 Å². The number of nitrogens with one attached hydrogen (secondary N) is 1. The minimum Gasteiger partial charge on any atom is -0.456 e. The molecule has 0 spiro atoms. The highest BCUT2D eigenvalue weighted by molar-refractivity contribution is 6.05. The first kappa shape index (κ1) is 13.6. The number of rotatable bonds is 2. The molecule has 2 aliphatic rings.